The summed E-state index contributed by atoms with van der Waals surface area (Å²) in [4.78, 5) is 4.21. The molecule has 1 aromatic heterocycles. The number of benzene rings is 1. The fraction of sp³-hybridized carbons (Fsp3) is 0.308. The summed E-state index contributed by atoms with van der Waals surface area (Å²) in [6.07, 6.45) is 0.426. The fourth-order valence-electron chi connectivity index (χ4n) is 1.81. The highest BCUT2D eigenvalue weighted by atomic mass is 16.6. The molecule has 0 aliphatic carbocycles. The first-order valence-electron chi connectivity index (χ1n) is 5.95. The Hall–Kier alpha value is -2.55. The van der Waals surface area contributed by atoms with E-state index in [4.69, 9.17) is 19.3 Å². The predicted molar refractivity (Wildman–Crippen MR) is 63.5 cm³/mol. The van der Waals surface area contributed by atoms with E-state index in [1.807, 2.05) is 30.3 Å². The van der Waals surface area contributed by atoms with Crippen LogP contribution in [-0.4, -0.2) is 16.7 Å². The van der Waals surface area contributed by atoms with E-state index < -0.39 is 0 Å². The number of nitrogens with zero attached hydrogens (tertiary/aromatic N) is 3. The summed E-state index contributed by atoms with van der Waals surface area (Å²) in [5.74, 6) is 2.27. The van der Waals surface area contributed by atoms with Crippen LogP contribution in [0.25, 0.3) is 0 Å². The summed E-state index contributed by atoms with van der Waals surface area (Å²) >= 11 is 0. The molecule has 6 heteroatoms. The number of fused-ring (bicyclic) bond motifs is 1. The van der Waals surface area contributed by atoms with Crippen LogP contribution in [0.1, 0.15) is 24.2 Å². The molecule has 0 N–H and O–H groups in total. The van der Waals surface area contributed by atoms with E-state index in [9.17, 15) is 0 Å². The molecule has 19 heavy (non-hydrogen) atoms. The maximum Gasteiger partial charge on any atom is 0.227 e. The summed E-state index contributed by atoms with van der Waals surface area (Å²) in [5, 5.41) is 12.4. The molecule has 1 aliphatic rings. The van der Waals surface area contributed by atoms with E-state index in [-0.39, 0.29) is 6.10 Å². The minimum Gasteiger partial charge on any atom is -0.485 e. The Balaban J connectivity index is 1.74. The number of rotatable bonds is 3. The van der Waals surface area contributed by atoms with Gasteiger partial charge in [-0.2, -0.15) is 10.2 Å². The van der Waals surface area contributed by atoms with Crippen LogP contribution < -0.4 is 9.47 Å². The average molecular weight is 257 g/mol. The van der Waals surface area contributed by atoms with Crippen molar-refractivity contribution in [2.45, 2.75) is 18.9 Å². The summed E-state index contributed by atoms with van der Waals surface area (Å²) < 4.78 is 16.4. The second-order valence-electron chi connectivity index (χ2n) is 4.07. The molecule has 2 heterocycles. The first-order chi connectivity index (χ1) is 9.36. The topological polar surface area (TPSA) is 81.2 Å². The zero-order valence-electron chi connectivity index (χ0n) is 10.1. The SMILES string of the molecule is N#CCCc1nc(C2COc3ccccc3O2)no1. The van der Waals surface area contributed by atoms with Crippen LogP contribution in [0.2, 0.25) is 0 Å². The number of aromatic nitrogens is 2. The molecule has 6 nitrogen and oxygen atoms in total. The van der Waals surface area contributed by atoms with Crippen LogP contribution in [0.15, 0.2) is 28.8 Å². The Labute approximate surface area is 109 Å². The minimum absolute atomic E-state index is 0.342. The van der Waals surface area contributed by atoms with Crippen LogP contribution in [0.5, 0.6) is 11.5 Å². The number of hydrogen-bond donors (Lipinski definition) is 0. The zero-order chi connectivity index (χ0) is 13.1. The number of nitriles is 1. The van der Waals surface area contributed by atoms with E-state index in [0.29, 0.717) is 42.7 Å². The summed E-state index contributed by atoms with van der Waals surface area (Å²) in [5.41, 5.74) is 0. The number of hydrogen-bond acceptors (Lipinski definition) is 6. The molecule has 1 unspecified atom stereocenters. The molecular weight excluding hydrogens is 246 g/mol. The highest BCUT2D eigenvalue weighted by molar-refractivity contribution is 5.40. The van der Waals surface area contributed by atoms with E-state index in [1.54, 1.807) is 0 Å². The average Bonchev–Trinajstić information content (AvgIpc) is 2.93. The van der Waals surface area contributed by atoms with Crippen molar-refractivity contribution in [3.8, 4) is 17.6 Å². The number of ether oxygens (including phenoxy) is 2. The standard InChI is InChI=1S/C13H11N3O3/c14-7-3-6-12-15-13(16-19-12)11-8-17-9-4-1-2-5-10(9)18-11/h1-2,4-5,11H,3,6,8H2. The van der Waals surface area contributed by atoms with Gasteiger partial charge in [0.25, 0.3) is 0 Å². The van der Waals surface area contributed by atoms with Crippen LogP contribution >= 0.6 is 0 Å². The van der Waals surface area contributed by atoms with Crippen molar-refractivity contribution < 1.29 is 14.0 Å². The van der Waals surface area contributed by atoms with Crippen LogP contribution in [0.3, 0.4) is 0 Å². The van der Waals surface area contributed by atoms with Gasteiger partial charge in [0.05, 0.1) is 6.07 Å². The third-order valence-electron chi connectivity index (χ3n) is 2.73. The monoisotopic (exact) mass is 257 g/mol. The minimum atomic E-state index is -0.380. The van der Waals surface area contributed by atoms with E-state index >= 15 is 0 Å². The number of aryl methyl sites for hydroxylation is 1. The molecule has 3 rings (SSSR count). The highest BCUT2D eigenvalue weighted by Gasteiger charge is 2.26. The largest absolute Gasteiger partial charge is 0.485 e. The van der Waals surface area contributed by atoms with Crippen molar-refractivity contribution in [1.82, 2.24) is 10.1 Å². The lowest BCUT2D eigenvalue weighted by atomic mass is 10.2. The van der Waals surface area contributed by atoms with Gasteiger partial charge in [0.15, 0.2) is 17.6 Å². The molecule has 0 saturated heterocycles. The zero-order valence-corrected chi connectivity index (χ0v) is 10.1. The molecular formula is C13H11N3O3. The molecule has 1 atom stereocenters. The van der Waals surface area contributed by atoms with Crippen LogP contribution in [-0.2, 0) is 6.42 Å². The lowest BCUT2D eigenvalue weighted by Gasteiger charge is -2.24. The molecule has 0 amide bonds. The molecule has 96 valence electrons. The maximum absolute atomic E-state index is 8.51. The number of para-hydroxylation sites is 2. The van der Waals surface area contributed by atoms with Gasteiger partial charge in [-0.3, -0.25) is 0 Å². The quantitative estimate of drug-likeness (QED) is 0.836. The van der Waals surface area contributed by atoms with E-state index in [0.717, 1.165) is 0 Å². The van der Waals surface area contributed by atoms with E-state index in [1.165, 1.54) is 0 Å². The van der Waals surface area contributed by atoms with E-state index in [2.05, 4.69) is 10.1 Å². The van der Waals surface area contributed by atoms with Crippen molar-refractivity contribution in [2.24, 2.45) is 0 Å². The van der Waals surface area contributed by atoms with Crippen molar-refractivity contribution >= 4 is 0 Å². The molecule has 1 aliphatic heterocycles. The molecule has 0 fully saturated rings. The molecule has 0 bridgehead atoms. The Morgan fingerprint density at radius 3 is 3.00 bits per heavy atom. The third kappa shape index (κ3) is 2.36. The van der Waals surface area contributed by atoms with Crippen molar-refractivity contribution in [3.63, 3.8) is 0 Å². The van der Waals surface area contributed by atoms with Gasteiger partial charge in [0, 0.05) is 12.8 Å². The second kappa shape index (κ2) is 4.98. The molecule has 0 saturated carbocycles. The lowest BCUT2D eigenvalue weighted by molar-refractivity contribution is 0.0832. The van der Waals surface area contributed by atoms with Gasteiger partial charge in [-0.05, 0) is 12.1 Å². The predicted octanol–water partition coefficient (Wildman–Crippen LogP) is 2.04. The fourth-order valence-corrected chi connectivity index (χ4v) is 1.81. The van der Waals surface area contributed by atoms with Gasteiger partial charge in [0.1, 0.15) is 6.61 Å². The smallest absolute Gasteiger partial charge is 0.227 e. The van der Waals surface area contributed by atoms with Gasteiger partial charge in [-0.15, -0.1) is 0 Å². The van der Waals surface area contributed by atoms with Gasteiger partial charge in [0.2, 0.25) is 11.7 Å². The summed E-state index contributed by atoms with van der Waals surface area (Å²) in [6.45, 7) is 0.342. The Kier molecular flexibility index (Phi) is 3.02. The molecule has 1 aromatic carbocycles. The highest BCUT2D eigenvalue weighted by Crippen LogP contribution is 2.34. The second-order valence-corrected chi connectivity index (χ2v) is 4.07. The summed E-state index contributed by atoms with van der Waals surface area (Å²) in [6, 6.07) is 9.47. The van der Waals surface area contributed by atoms with Crippen molar-refractivity contribution in [2.75, 3.05) is 6.61 Å². The van der Waals surface area contributed by atoms with Gasteiger partial charge >= 0.3 is 0 Å². The molecule has 2 aromatic rings. The van der Waals surface area contributed by atoms with Crippen molar-refractivity contribution in [1.29, 1.82) is 5.26 Å². The Bertz CT molecular complexity index is 618. The van der Waals surface area contributed by atoms with Gasteiger partial charge in [-0.25, -0.2) is 0 Å². The van der Waals surface area contributed by atoms with Gasteiger partial charge < -0.3 is 14.0 Å². The lowest BCUT2D eigenvalue weighted by Crippen LogP contribution is -2.22. The first kappa shape index (κ1) is 11.5. The Morgan fingerprint density at radius 1 is 1.32 bits per heavy atom. The van der Waals surface area contributed by atoms with Crippen LogP contribution in [0.4, 0.5) is 0 Å². The Morgan fingerprint density at radius 2 is 2.16 bits per heavy atom. The normalized spacial score (nSPS) is 16.9. The summed E-state index contributed by atoms with van der Waals surface area (Å²) in [7, 11) is 0. The first-order valence-corrected chi connectivity index (χ1v) is 5.95. The van der Waals surface area contributed by atoms with Crippen molar-refractivity contribution in [3.05, 3.63) is 36.0 Å². The van der Waals surface area contributed by atoms with Crippen LogP contribution in [0, 0.1) is 11.3 Å². The van der Waals surface area contributed by atoms with Gasteiger partial charge in [-0.1, -0.05) is 17.3 Å². The third-order valence-corrected chi connectivity index (χ3v) is 2.73. The molecule has 0 radical (unpaired) electrons. The maximum atomic E-state index is 8.51. The molecule has 0 spiro atoms.